The Morgan fingerprint density at radius 3 is 1.74 bits per heavy atom. The summed E-state index contributed by atoms with van der Waals surface area (Å²) in [7, 11) is 0. The zero-order valence-electron chi connectivity index (χ0n) is 21.2. The number of hydrazone groups is 1. The van der Waals surface area contributed by atoms with E-state index in [9.17, 15) is 19.2 Å². The highest BCUT2D eigenvalue weighted by Crippen LogP contribution is 2.48. The molecule has 3 aromatic carbocycles. The van der Waals surface area contributed by atoms with Gasteiger partial charge in [0, 0.05) is 24.3 Å². The van der Waals surface area contributed by atoms with Crippen LogP contribution in [0.5, 0.6) is 0 Å². The van der Waals surface area contributed by atoms with Gasteiger partial charge in [-0.3, -0.25) is 14.4 Å². The second-order valence-electron chi connectivity index (χ2n) is 9.22. The van der Waals surface area contributed by atoms with Gasteiger partial charge in [0.15, 0.2) is 0 Å². The number of imide groups is 1. The molecular weight excluding hydrogens is 514 g/mol. The number of rotatable bonds is 10. The number of nitrogens with zero attached hydrogens (tertiary/aromatic N) is 3. The Balaban J connectivity index is 1.32. The Morgan fingerprint density at radius 1 is 0.769 bits per heavy atom. The maximum atomic E-state index is 12.6. The molecule has 0 aliphatic carbocycles. The predicted octanol–water partition coefficient (Wildman–Crippen LogP) is 4.30. The van der Waals surface area contributed by atoms with Crippen molar-refractivity contribution < 1.29 is 24.0 Å². The van der Waals surface area contributed by atoms with Crippen LogP contribution >= 0.6 is 11.8 Å². The van der Waals surface area contributed by atoms with E-state index >= 15 is 0 Å². The van der Waals surface area contributed by atoms with Gasteiger partial charge in [-0.1, -0.05) is 91.0 Å². The van der Waals surface area contributed by atoms with Crippen molar-refractivity contribution in [3.8, 4) is 0 Å². The average Bonchev–Trinajstić information content (AvgIpc) is 3.48. The number of thioether (sulfide) groups is 1. The van der Waals surface area contributed by atoms with E-state index in [1.54, 1.807) is 11.8 Å². The Morgan fingerprint density at radius 2 is 1.26 bits per heavy atom. The Bertz CT molecular complexity index is 1280. The molecule has 0 unspecified atom stereocenters. The summed E-state index contributed by atoms with van der Waals surface area (Å²) >= 11 is 1.77. The van der Waals surface area contributed by atoms with Gasteiger partial charge in [0.05, 0.1) is 11.2 Å². The zero-order chi connectivity index (χ0) is 27.2. The van der Waals surface area contributed by atoms with Crippen molar-refractivity contribution in [3.63, 3.8) is 0 Å². The molecule has 0 aromatic heterocycles. The largest absolute Gasteiger partial charge is 0.354 e. The van der Waals surface area contributed by atoms with Crippen molar-refractivity contribution in [1.82, 2.24) is 10.1 Å². The monoisotopic (exact) mass is 541 g/mol. The van der Waals surface area contributed by atoms with Gasteiger partial charge in [0.2, 0.25) is 5.91 Å². The van der Waals surface area contributed by atoms with E-state index in [2.05, 4.69) is 41.5 Å². The highest BCUT2D eigenvalue weighted by atomic mass is 32.2. The van der Waals surface area contributed by atoms with Gasteiger partial charge in [0.25, 0.3) is 11.8 Å². The van der Waals surface area contributed by atoms with Gasteiger partial charge >= 0.3 is 5.97 Å². The van der Waals surface area contributed by atoms with Crippen molar-refractivity contribution in [2.24, 2.45) is 5.10 Å². The van der Waals surface area contributed by atoms with Crippen molar-refractivity contribution in [2.45, 2.75) is 30.4 Å². The predicted molar refractivity (Wildman–Crippen MR) is 147 cm³/mol. The number of amides is 3. The SMILES string of the molecule is O=C(CN1N=C(CCSC(c2ccccc2)(c2ccccc2)c2ccccc2)CC1=O)ON1C(=O)CCC1=O. The molecule has 3 amide bonds. The first-order chi connectivity index (χ1) is 19.0. The fourth-order valence-corrected chi connectivity index (χ4v) is 6.34. The summed E-state index contributed by atoms with van der Waals surface area (Å²) in [6.07, 6.45) is 0.653. The van der Waals surface area contributed by atoms with E-state index in [1.807, 2.05) is 54.6 Å². The second-order valence-corrected chi connectivity index (χ2v) is 10.5. The third-order valence-electron chi connectivity index (χ3n) is 6.63. The fraction of sp³-hybridized carbons (Fsp3) is 0.233. The standard InChI is InChI=1S/C30H27N3O5S/c34-26-16-17-27(35)33(26)38-29(37)21-32-28(36)20-25(31-32)18-19-39-30(22-10-4-1-5-11-22,23-12-6-2-7-13-23)24-14-8-3-9-15-24/h1-15H,16-21H2. The number of carbonyl (C=O) groups is 4. The lowest BCUT2D eigenvalue weighted by molar-refractivity contribution is -0.198. The lowest BCUT2D eigenvalue weighted by Gasteiger charge is -2.35. The van der Waals surface area contributed by atoms with E-state index in [0.717, 1.165) is 21.7 Å². The van der Waals surface area contributed by atoms with Gasteiger partial charge in [-0.2, -0.15) is 5.10 Å². The number of hydroxylamine groups is 2. The van der Waals surface area contributed by atoms with Gasteiger partial charge in [-0.25, -0.2) is 9.80 Å². The molecule has 0 radical (unpaired) electrons. The van der Waals surface area contributed by atoms with Crippen LogP contribution in [-0.2, 0) is 28.8 Å². The molecule has 5 rings (SSSR count). The maximum absolute atomic E-state index is 12.6. The fourth-order valence-electron chi connectivity index (χ4n) is 4.79. The van der Waals surface area contributed by atoms with E-state index in [1.165, 1.54) is 0 Å². The maximum Gasteiger partial charge on any atom is 0.354 e. The molecule has 3 aromatic rings. The number of carbonyl (C=O) groups excluding carboxylic acids is 4. The van der Waals surface area contributed by atoms with Crippen molar-refractivity contribution >= 4 is 41.2 Å². The highest BCUT2D eigenvalue weighted by Gasteiger charge is 2.38. The van der Waals surface area contributed by atoms with Crippen LogP contribution in [0.4, 0.5) is 0 Å². The molecule has 2 aliphatic rings. The Labute approximate surface area is 230 Å². The zero-order valence-corrected chi connectivity index (χ0v) is 22.0. The van der Waals surface area contributed by atoms with Crippen molar-refractivity contribution in [2.75, 3.05) is 12.3 Å². The molecule has 198 valence electrons. The summed E-state index contributed by atoms with van der Waals surface area (Å²) in [6, 6.07) is 31.0. The first-order valence-electron chi connectivity index (χ1n) is 12.7. The molecule has 2 heterocycles. The van der Waals surface area contributed by atoms with Crippen LogP contribution in [-0.4, -0.2) is 51.8 Å². The second kappa shape index (κ2) is 11.7. The topological polar surface area (TPSA) is 96.3 Å². The molecule has 0 atom stereocenters. The first kappa shape index (κ1) is 26.4. The highest BCUT2D eigenvalue weighted by molar-refractivity contribution is 8.00. The summed E-state index contributed by atoms with van der Waals surface area (Å²) in [6.45, 7) is -0.464. The summed E-state index contributed by atoms with van der Waals surface area (Å²) in [4.78, 5) is 53.1. The smallest absolute Gasteiger partial charge is 0.328 e. The normalized spacial score (nSPS) is 15.6. The van der Waals surface area contributed by atoms with Gasteiger partial charge in [-0.15, -0.1) is 16.8 Å². The molecule has 0 spiro atoms. The lowest BCUT2D eigenvalue weighted by atomic mass is 9.84. The third-order valence-corrected chi connectivity index (χ3v) is 8.18. The van der Waals surface area contributed by atoms with Crippen LogP contribution < -0.4 is 0 Å². The van der Waals surface area contributed by atoms with Crippen LogP contribution in [0, 0.1) is 0 Å². The lowest BCUT2D eigenvalue weighted by Crippen LogP contribution is -2.37. The summed E-state index contributed by atoms with van der Waals surface area (Å²) in [5, 5.41) is 5.88. The minimum atomic E-state index is -0.887. The summed E-state index contributed by atoms with van der Waals surface area (Å²) in [5.74, 6) is -1.68. The molecule has 2 aliphatic heterocycles. The van der Waals surface area contributed by atoms with E-state index < -0.39 is 29.1 Å². The van der Waals surface area contributed by atoms with E-state index in [0.29, 0.717) is 22.9 Å². The Kier molecular flexibility index (Phi) is 7.88. The number of benzene rings is 3. The molecular formula is C30H27N3O5S. The van der Waals surface area contributed by atoms with E-state index in [4.69, 9.17) is 4.84 Å². The van der Waals surface area contributed by atoms with Crippen LogP contribution in [0.2, 0.25) is 0 Å². The molecule has 39 heavy (non-hydrogen) atoms. The molecule has 0 saturated carbocycles. The molecule has 1 fully saturated rings. The average molecular weight is 542 g/mol. The molecule has 0 bridgehead atoms. The first-order valence-corrected chi connectivity index (χ1v) is 13.7. The van der Waals surface area contributed by atoms with E-state index in [-0.39, 0.29) is 25.2 Å². The Hall–Kier alpha value is -4.24. The van der Waals surface area contributed by atoms with Gasteiger partial charge in [0.1, 0.15) is 6.54 Å². The van der Waals surface area contributed by atoms with Crippen LogP contribution in [0.25, 0.3) is 0 Å². The van der Waals surface area contributed by atoms with Crippen molar-refractivity contribution in [1.29, 1.82) is 0 Å². The molecule has 9 heteroatoms. The third kappa shape index (κ3) is 5.63. The van der Waals surface area contributed by atoms with Crippen LogP contribution in [0.1, 0.15) is 42.4 Å². The quantitative estimate of drug-likeness (QED) is 0.281. The molecule has 0 N–H and O–H groups in total. The van der Waals surface area contributed by atoms with Crippen LogP contribution in [0.15, 0.2) is 96.1 Å². The van der Waals surface area contributed by atoms with Crippen LogP contribution in [0.3, 0.4) is 0 Å². The molecule has 1 saturated heterocycles. The van der Waals surface area contributed by atoms with Crippen molar-refractivity contribution in [3.05, 3.63) is 108 Å². The molecule has 8 nitrogen and oxygen atoms in total. The number of hydrogen-bond donors (Lipinski definition) is 0. The van der Waals surface area contributed by atoms with Gasteiger partial charge < -0.3 is 4.84 Å². The van der Waals surface area contributed by atoms with Gasteiger partial charge in [-0.05, 0) is 23.1 Å². The minimum absolute atomic E-state index is 0.00512. The summed E-state index contributed by atoms with van der Waals surface area (Å²) < 4.78 is -0.481. The minimum Gasteiger partial charge on any atom is -0.328 e. The number of hydrogen-bond acceptors (Lipinski definition) is 7. The summed E-state index contributed by atoms with van der Waals surface area (Å²) in [5.41, 5.74) is 4.10.